The van der Waals surface area contributed by atoms with Crippen molar-refractivity contribution in [3.05, 3.63) is 78.3 Å². The molecule has 2 aromatic carbocycles. The van der Waals surface area contributed by atoms with Gasteiger partial charge in [-0.05, 0) is 66.9 Å². The van der Waals surface area contributed by atoms with E-state index >= 15 is 0 Å². The number of amides is 2. The summed E-state index contributed by atoms with van der Waals surface area (Å²) < 4.78 is 16.1. The van der Waals surface area contributed by atoms with Gasteiger partial charge in [0.15, 0.2) is 5.76 Å². The Labute approximate surface area is 199 Å². The van der Waals surface area contributed by atoms with E-state index in [2.05, 4.69) is 5.32 Å². The van der Waals surface area contributed by atoms with Crippen LogP contribution in [0.4, 0.5) is 5.69 Å². The van der Waals surface area contributed by atoms with Crippen molar-refractivity contribution in [1.82, 2.24) is 5.32 Å². The number of hydrogen-bond acceptors (Lipinski definition) is 5. The molecule has 1 saturated carbocycles. The highest BCUT2D eigenvalue weighted by Crippen LogP contribution is 2.33. The van der Waals surface area contributed by atoms with Crippen LogP contribution in [-0.4, -0.2) is 32.1 Å². The molecule has 1 fully saturated rings. The summed E-state index contributed by atoms with van der Waals surface area (Å²) in [4.78, 5) is 29.0. The number of anilines is 1. The van der Waals surface area contributed by atoms with Crippen molar-refractivity contribution in [2.45, 2.75) is 44.2 Å². The van der Waals surface area contributed by atoms with Gasteiger partial charge < -0.3 is 19.2 Å². The Morgan fingerprint density at radius 3 is 2.32 bits per heavy atom. The Balaban J connectivity index is 1.79. The molecule has 0 unspecified atom stereocenters. The Morgan fingerprint density at radius 1 is 0.941 bits per heavy atom. The van der Waals surface area contributed by atoms with E-state index in [1.54, 1.807) is 56.7 Å². The third-order valence-corrected chi connectivity index (χ3v) is 6.17. The molecule has 1 aliphatic rings. The van der Waals surface area contributed by atoms with Crippen LogP contribution in [0, 0.1) is 0 Å². The third kappa shape index (κ3) is 5.25. The van der Waals surface area contributed by atoms with Crippen molar-refractivity contribution in [3.63, 3.8) is 0 Å². The highest BCUT2D eigenvalue weighted by Gasteiger charge is 2.35. The summed E-state index contributed by atoms with van der Waals surface area (Å²) in [5, 5.41) is 3.20. The summed E-state index contributed by atoms with van der Waals surface area (Å²) in [5.41, 5.74) is 1.19. The molecule has 1 aromatic heterocycles. The lowest BCUT2D eigenvalue weighted by molar-refractivity contribution is -0.123. The minimum atomic E-state index is -0.928. The second-order valence-corrected chi connectivity index (χ2v) is 8.37. The van der Waals surface area contributed by atoms with E-state index in [0.29, 0.717) is 22.7 Å². The molecule has 34 heavy (non-hydrogen) atoms. The first-order chi connectivity index (χ1) is 16.6. The van der Waals surface area contributed by atoms with E-state index in [1.165, 1.54) is 17.6 Å². The second-order valence-electron chi connectivity index (χ2n) is 8.37. The number of carbonyl (C=O) groups is 2. The molecular weight excluding hydrogens is 432 g/mol. The fraction of sp³-hybridized carbons (Fsp3) is 0.333. The van der Waals surface area contributed by atoms with Crippen molar-refractivity contribution in [3.8, 4) is 11.5 Å². The van der Waals surface area contributed by atoms with Gasteiger partial charge in [0, 0.05) is 11.7 Å². The number of nitrogens with one attached hydrogen (secondary N) is 1. The van der Waals surface area contributed by atoms with Crippen LogP contribution in [0.5, 0.6) is 11.5 Å². The Kier molecular flexibility index (Phi) is 7.52. The molecule has 3 aromatic rings. The fourth-order valence-corrected chi connectivity index (χ4v) is 4.40. The molecule has 2 amide bonds. The zero-order valence-corrected chi connectivity index (χ0v) is 19.5. The summed E-state index contributed by atoms with van der Waals surface area (Å²) >= 11 is 0. The molecule has 4 rings (SSSR count). The monoisotopic (exact) mass is 462 g/mol. The molecule has 0 saturated heterocycles. The average Bonchev–Trinajstić information content (AvgIpc) is 3.43. The zero-order chi connectivity index (χ0) is 23.9. The molecule has 7 nitrogen and oxygen atoms in total. The number of methoxy groups -OCH3 is 2. The maximum atomic E-state index is 13.8. The SMILES string of the molecule is COc1ccc(N(C(=O)c2ccco2)[C@@H](C(=O)NC2CCCCC2)c2cccc(OC)c2)cc1. The molecule has 0 aliphatic heterocycles. The van der Waals surface area contributed by atoms with Crippen LogP contribution in [0.2, 0.25) is 0 Å². The number of furan rings is 1. The summed E-state index contributed by atoms with van der Waals surface area (Å²) in [6.45, 7) is 0. The van der Waals surface area contributed by atoms with Gasteiger partial charge in [0.25, 0.3) is 5.91 Å². The van der Waals surface area contributed by atoms with Gasteiger partial charge in [-0.15, -0.1) is 0 Å². The van der Waals surface area contributed by atoms with E-state index in [-0.39, 0.29) is 17.7 Å². The maximum absolute atomic E-state index is 13.8. The average molecular weight is 463 g/mol. The topological polar surface area (TPSA) is 81.0 Å². The van der Waals surface area contributed by atoms with Crippen LogP contribution in [0.25, 0.3) is 0 Å². The highest BCUT2D eigenvalue weighted by atomic mass is 16.5. The summed E-state index contributed by atoms with van der Waals surface area (Å²) in [7, 11) is 3.16. The lowest BCUT2D eigenvalue weighted by Gasteiger charge is -2.33. The third-order valence-electron chi connectivity index (χ3n) is 6.17. The number of rotatable bonds is 8. The fourth-order valence-electron chi connectivity index (χ4n) is 4.40. The standard InChI is InChI=1S/C27H30N2O5/c1-32-22-15-13-21(14-16-22)29(27(31)24-12-7-17-34-24)25(19-8-6-11-23(18-19)33-2)26(30)28-20-9-4-3-5-10-20/h6-8,11-18,20,25H,3-5,9-10H2,1-2H3,(H,28,30)/t25-/m1/s1. The molecule has 7 heteroatoms. The summed E-state index contributed by atoms with van der Waals surface area (Å²) in [6.07, 6.45) is 6.67. The van der Waals surface area contributed by atoms with Gasteiger partial charge in [0.05, 0.1) is 20.5 Å². The number of ether oxygens (including phenoxy) is 2. The Bertz CT molecular complexity index is 1090. The van der Waals surface area contributed by atoms with Gasteiger partial charge in [0.2, 0.25) is 5.91 Å². The van der Waals surface area contributed by atoms with Crippen LogP contribution in [0.3, 0.4) is 0 Å². The molecule has 1 N–H and O–H groups in total. The lowest BCUT2D eigenvalue weighted by Crippen LogP contribution is -2.47. The van der Waals surface area contributed by atoms with E-state index in [1.807, 2.05) is 18.2 Å². The molecule has 1 heterocycles. The number of carbonyl (C=O) groups excluding carboxylic acids is 2. The van der Waals surface area contributed by atoms with Crippen LogP contribution < -0.4 is 19.7 Å². The smallest absolute Gasteiger partial charge is 0.294 e. The van der Waals surface area contributed by atoms with E-state index in [0.717, 1.165) is 25.7 Å². The van der Waals surface area contributed by atoms with Gasteiger partial charge in [-0.2, -0.15) is 0 Å². The summed E-state index contributed by atoms with van der Waals surface area (Å²) in [6, 6.07) is 16.7. The van der Waals surface area contributed by atoms with Crippen LogP contribution in [-0.2, 0) is 4.79 Å². The number of nitrogens with zero attached hydrogens (tertiary/aromatic N) is 1. The normalized spacial score (nSPS) is 14.8. The first-order valence-electron chi connectivity index (χ1n) is 11.6. The molecule has 0 bridgehead atoms. The van der Waals surface area contributed by atoms with Gasteiger partial charge in [-0.3, -0.25) is 14.5 Å². The lowest BCUT2D eigenvalue weighted by atomic mass is 9.94. The zero-order valence-electron chi connectivity index (χ0n) is 19.5. The Hall–Kier alpha value is -3.74. The molecule has 1 aliphatic carbocycles. The predicted molar refractivity (Wildman–Crippen MR) is 129 cm³/mol. The van der Waals surface area contributed by atoms with Gasteiger partial charge in [0.1, 0.15) is 17.5 Å². The van der Waals surface area contributed by atoms with E-state index in [9.17, 15) is 9.59 Å². The molecule has 0 radical (unpaired) electrons. The van der Waals surface area contributed by atoms with Crippen molar-refractivity contribution >= 4 is 17.5 Å². The van der Waals surface area contributed by atoms with Gasteiger partial charge >= 0.3 is 0 Å². The second kappa shape index (κ2) is 10.9. The van der Waals surface area contributed by atoms with Crippen LogP contribution in [0.1, 0.15) is 54.3 Å². The first-order valence-corrected chi connectivity index (χ1v) is 11.6. The van der Waals surface area contributed by atoms with Crippen molar-refractivity contribution < 1.29 is 23.5 Å². The molecule has 1 atom stereocenters. The van der Waals surface area contributed by atoms with Crippen LogP contribution >= 0.6 is 0 Å². The van der Waals surface area contributed by atoms with Crippen molar-refractivity contribution in [2.24, 2.45) is 0 Å². The highest BCUT2D eigenvalue weighted by molar-refractivity contribution is 6.08. The molecule has 178 valence electrons. The molecule has 0 spiro atoms. The first kappa shape index (κ1) is 23.4. The predicted octanol–water partition coefficient (Wildman–Crippen LogP) is 5.13. The maximum Gasteiger partial charge on any atom is 0.294 e. The molecular formula is C27H30N2O5. The number of benzene rings is 2. The Morgan fingerprint density at radius 2 is 1.68 bits per heavy atom. The largest absolute Gasteiger partial charge is 0.497 e. The summed E-state index contributed by atoms with van der Waals surface area (Å²) in [5.74, 6) is 0.749. The number of hydrogen-bond donors (Lipinski definition) is 1. The van der Waals surface area contributed by atoms with Crippen molar-refractivity contribution in [1.29, 1.82) is 0 Å². The van der Waals surface area contributed by atoms with Gasteiger partial charge in [-0.25, -0.2) is 0 Å². The minimum absolute atomic E-state index is 0.0887. The van der Waals surface area contributed by atoms with Gasteiger partial charge in [-0.1, -0.05) is 31.4 Å². The van der Waals surface area contributed by atoms with E-state index < -0.39 is 11.9 Å². The minimum Gasteiger partial charge on any atom is -0.497 e. The van der Waals surface area contributed by atoms with Crippen LogP contribution in [0.15, 0.2) is 71.3 Å². The quantitative estimate of drug-likeness (QED) is 0.502. The van der Waals surface area contributed by atoms with E-state index in [4.69, 9.17) is 13.9 Å². The van der Waals surface area contributed by atoms with Crippen molar-refractivity contribution in [2.75, 3.05) is 19.1 Å².